The SMILES string of the molecule is CC(C)(C)OC(=O)NCC[C@H]1CC[C@H](c2ccc(B3OC(C)(C)C(C)(C)O3)cc2)N1C(=O)OC(C)(C)C. The van der Waals surface area contributed by atoms with E-state index < -0.39 is 35.6 Å². The van der Waals surface area contributed by atoms with E-state index in [1.807, 2.05) is 98.4 Å². The van der Waals surface area contributed by atoms with E-state index in [2.05, 4.69) is 5.32 Å². The second-order valence-electron chi connectivity index (χ2n) is 13.1. The Morgan fingerprint density at radius 3 is 2.00 bits per heavy atom. The van der Waals surface area contributed by atoms with Crippen LogP contribution in [0.4, 0.5) is 9.59 Å². The molecular formula is C28H45BN2O6. The van der Waals surface area contributed by atoms with Crippen LogP contribution in [0.3, 0.4) is 0 Å². The summed E-state index contributed by atoms with van der Waals surface area (Å²) in [6.07, 6.45) is 1.45. The summed E-state index contributed by atoms with van der Waals surface area (Å²) in [5.74, 6) is 0. The normalized spacial score (nSPS) is 23.2. The zero-order valence-corrected chi connectivity index (χ0v) is 24.3. The fourth-order valence-corrected chi connectivity index (χ4v) is 4.59. The van der Waals surface area contributed by atoms with Gasteiger partial charge in [-0.05, 0) is 99.5 Å². The molecule has 3 rings (SSSR count). The maximum absolute atomic E-state index is 13.3. The van der Waals surface area contributed by atoms with Gasteiger partial charge in [0.25, 0.3) is 0 Å². The van der Waals surface area contributed by atoms with E-state index in [0.29, 0.717) is 13.0 Å². The molecule has 9 heteroatoms. The third kappa shape index (κ3) is 7.41. The number of nitrogens with one attached hydrogen (secondary N) is 1. The predicted molar refractivity (Wildman–Crippen MR) is 145 cm³/mol. The van der Waals surface area contributed by atoms with Crippen LogP contribution < -0.4 is 10.8 Å². The Kier molecular flexibility index (Phi) is 8.30. The lowest BCUT2D eigenvalue weighted by atomic mass is 9.78. The van der Waals surface area contributed by atoms with E-state index in [1.54, 1.807) is 0 Å². The number of benzene rings is 1. The third-order valence-electron chi connectivity index (χ3n) is 7.10. The van der Waals surface area contributed by atoms with Gasteiger partial charge >= 0.3 is 19.3 Å². The highest BCUT2D eigenvalue weighted by atomic mass is 16.7. The number of nitrogens with zero attached hydrogens (tertiary/aromatic N) is 1. The van der Waals surface area contributed by atoms with Crippen molar-refractivity contribution in [2.24, 2.45) is 0 Å². The highest BCUT2D eigenvalue weighted by Crippen LogP contribution is 2.39. The summed E-state index contributed by atoms with van der Waals surface area (Å²) in [4.78, 5) is 27.2. The van der Waals surface area contributed by atoms with Gasteiger partial charge in [0.15, 0.2) is 0 Å². The van der Waals surface area contributed by atoms with E-state index in [1.165, 1.54) is 0 Å². The highest BCUT2D eigenvalue weighted by Gasteiger charge is 2.51. The van der Waals surface area contributed by atoms with Gasteiger partial charge in [-0.2, -0.15) is 0 Å². The first kappa shape index (κ1) is 29.3. The number of ether oxygens (including phenoxy) is 2. The summed E-state index contributed by atoms with van der Waals surface area (Å²) in [5.41, 5.74) is 0.00350. The number of hydrogen-bond donors (Lipinski definition) is 1. The number of amides is 2. The predicted octanol–water partition coefficient (Wildman–Crippen LogP) is 5.34. The van der Waals surface area contributed by atoms with E-state index in [-0.39, 0.29) is 18.2 Å². The van der Waals surface area contributed by atoms with Gasteiger partial charge in [0.2, 0.25) is 0 Å². The highest BCUT2D eigenvalue weighted by molar-refractivity contribution is 6.62. The van der Waals surface area contributed by atoms with Crippen molar-refractivity contribution < 1.29 is 28.4 Å². The molecule has 206 valence electrons. The number of alkyl carbamates (subject to hydrolysis) is 1. The molecule has 2 saturated heterocycles. The topological polar surface area (TPSA) is 86.3 Å². The minimum Gasteiger partial charge on any atom is -0.444 e. The first-order valence-corrected chi connectivity index (χ1v) is 13.3. The summed E-state index contributed by atoms with van der Waals surface area (Å²) in [7, 11) is -0.434. The van der Waals surface area contributed by atoms with Crippen LogP contribution >= 0.6 is 0 Å². The maximum atomic E-state index is 13.3. The Balaban J connectivity index is 1.73. The van der Waals surface area contributed by atoms with Crippen LogP contribution in [0.2, 0.25) is 0 Å². The number of hydrogen-bond acceptors (Lipinski definition) is 6. The van der Waals surface area contributed by atoms with Crippen LogP contribution in [-0.4, -0.2) is 59.2 Å². The van der Waals surface area contributed by atoms with Crippen molar-refractivity contribution in [3.63, 3.8) is 0 Å². The molecule has 0 bridgehead atoms. The van der Waals surface area contributed by atoms with Gasteiger partial charge < -0.3 is 24.1 Å². The molecule has 0 saturated carbocycles. The van der Waals surface area contributed by atoms with Crippen LogP contribution in [0.25, 0.3) is 0 Å². The smallest absolute Gasteiger partial charge is 0.444 e. The standard InChI is InChI=1S/C28H45BN2O6/c1-25(2,3)34-23(32)30-18-17-21-15-16-22(31(21)24(33)35-26(4,5)6)19-11-13-20(14-12-19)29-36-27(7,8)28(9,10)37-29/h11-14,21-22H,15-18H2,1-10H3,(H,30,32)/t21-,22-/m1/s1. The first-order chi connectivity index (χ1) is 16.9. The van der Waals surface area contributed by atoms with Crippen molar-refractivity contribution in [1.29, 1.82) is 0 Å². The van der Waals surface area contributed by atoms with Gasteiger partial charge in [-0.1, -0.05) is 24.3 Å². The fourth-order valence-electron chi connectivity index (χ4n) is 4.59. The quantitative estimate of drug-likeness (QED) is 0.532. The lowest BCUT2D eigenvalue weighted by molar-refractivity contribution is 0.00578. The van der Waals surface area contributed by atoms with E-state index in [0.717, 1.165) is 23.9 Å². The third-order valence-corrected chi connectivity index (χ3v) is 7.10. The Morgan fingerprint density at radius 1 is 0.946 bits per heavy atom. The molecule has 1 N–H and O–H groups in total. The van der Waals surface area contributed by atoms with Gasteiger partial charge in [-0.25, -0.2) is 9.59 Å². The average Bonchev–Trinajstić information content (AvgIpc) is 3.23. The molecule has 1 aromatic carbocycles. The Labute approximate surface area is 222 Å². The van der Waals surface area contributed by atoms with Crippen molar-refractivity contribution in [3.05, 3.63) is 29.8 Å². The molecule has 2 aliphatic heterocycles. The molecule has 0 spiro atoms. The molecule has 2 atom stereocenters. The molecule has 8 nitrogen and oxygen atoms in total. The van der Waals surface area contributed by atoms with Crippen molar-refractivity contribution in [2.75, 3.05) is 6.54 Å². The van der Waals surface area contributed by atoms with E-state index >= 15 is 0 Å². The average molecular weight is 516 g/mol. The van der Waals surface area contributed by atoms with Gasteiger partial charge in [0, 0.05) is 12.6 Å². The maximum Gasteiger partial charge on any atom is 0.494 e. The number of carbonyl (C=O) groups is 2. The summed E-state index contributed by atoms with van der Waals surface area (Å²) in [6.45, 7) is 19.7. The molecule has 1 aromatic rings. The number of rotatable bonds is 5. The fraction of sp³-hybridized carbons (Fsp3) is 0.714. The zero-order valence-electron chi connectivity index (χ0n) is 24.3. The van der Waals surface area contributed by atoms with Crippen LogP contribution in [0.5, 0.6) is 0 Å². The van der Waals surface area contributed by atoms with Crippen LogP contribution in [0, 0.1) is 0 Å². The van der Waals surface area contributed by atoms with Crippen molar-refractivity contribution >= 4 is 24.8 Å². The number of likely N-dealkylation sites (tertiary alicyclic amines) is 1. The molecule has 0 aromatic heterocycles. The largest absolute Gasteiger partial charge is 0.494 e. The minimum atomic E-state index is -0.607. The van der Waals surface area contributed by atoms with Gasteiger partial charge in [0.05, 0.1) is 17.2 Å². The second-order valence-corrected chi connectivity index (χ2v) is 13.1. The number of carbonyl (C=O) groups excluding carboxylic acids is 2. The molecular weight excluding hydrogens is 471 g/mol. The van der Waals surface area contributed by atoms with E-state index in [9.17, 15) is 9.59 Å². The van der Waals surface area contributed by atoms with Gasteiger partial charge in [-0.15, -0.1) is 0 Å². The lowest BCUT2D eigenvalue weighted by Gasteiger charge is -2.33. The van der Waals surface area contributed by atoms with Crippen LogP contribution in [-0.2, 0) is 18.8 Å². The van der Waals surface area contributed by atoms with Crippen LogP contribution in [0.15, 0.2) is 24.3 Å². The van der Waals surface area contributed by atoms with Gasteiger partial charge in [0.1, 0.15) is 11.2 Å². The second kappa shape index (κ2) is 10.5. The Morgan fingerprint density at radius 2 is 1.49 bits per heavy atom. The summed E-state index contributed by atoms with van der Waals surface area (Å²) in [6, 6.07) is 7.95. The van der Waals surface area contributed by atoms with Crippen molar-refractivity contribution in [3.8, 4) is 0 Å². The molecule has 0 radical (unpaired) electrons. The summed E-state index contributed by atoms with van der Waals surface area (Å²) in [5, 5.41) is 2.81. The van der Waals surface area contributed by atoms with Crippen molar-refractivity contribution in [1.82, 2.24) is 10.2 Å². The summed E-state index contributed by atoms with van der Waals surface area (Å²) >= 11 is 0. The first-order valence-electron chi connectivity index (χ1n) is 13.3. The summed E-state index contributed by atoms with van der Waals surface area (Å²) < 4.78 is 23.5. The van der Waals surface area contributed by atoms with E-state index in [4.69, 9.17) is 18.8 Å². The molecule has 0 unspecified atom stereocenters. The Bertz CT molecular complexity index is 948. The lowest BCUT2D eigenvalue weighted by Crippen LogP contribution is -2.43. The molecule has 2 fully saturated rings. The Hall–Kier alpha value is -2.26. The van der Waals surface area contributed by atoms with Crippen LogP contribution in [0.1, 0.15) is 100 Å². The minimum absolute atomic E-state index is 0.0578. The zero-order chi connectivity index (χ0) is 27.8. The molecule has 2 amide bonds. The van der Waals surface area contributed by atoms with Crippen molar-refractivity contribution in [2.45, 2.75) is 123 Å². The monoisotopic (exact) mass is 516 g/mol. The van der Waals surface area contributed by atoms with Gasteiger partial charge in [-0.3, -0.25) is 4.90 Å². The molecule has 0 aliphatic carbocycles. The molecule has 2 heterocycles. The molecule has 2 aliphatic rings. The molecule has 37 heavy (non-hydrogen) atoms.